The number of benzene rings is 2. The second-order valence-corrected chi connectivity index (χ2v) is 7.30. The zero-order valence-corrected chi connectivity index (χ0v) is 16.6. The van der Waals surface area contributed by atoms with E-state index in [9.17, 15) is 9.59 Å². The molecule has 2 aromatic rings. The van der Waals surface area contributed by atoms with Gasteiger partial charge in [0.1, 0.15) is 12.4 Å². The van der Waals surface area contributed by atoms with E-state index in [1.807, 2.05) is 13.0 Å². The van der Waals surface area contributed by atoms with Crippen molar-refractivity contribution in [2.75, 3.05) is 13.7 Å². The molecule has 0 radical (unpaired) electrons. The van der Waals surface area contributed by atoms with E-state index in [-0.39, 0.29) is 17.9 Å². The third-order valence-corrected chi connectivity index (χ3v) is 4.17. The Kier molecular flexibility index (Phi) is 6.61. The SMILES string of the molecule is CCNC(=O)c1ccc(COC(=O)c2ccc(OC)c(C(C)(C)C)c2)cc1. The van der Waals surface area contributed by atoms with Gasteiger partial charge in [0.15, 0.2) is 0 Å². The molecule has 0 fully saturated rings. The average Bonchev–Trinajstić information content (AvgIpc) is 2.65. The summed E-state index contributed by atoms with van der Waals surface area (Å²) < 4.78 is 10.8. The molecule has 1 N–H and O–H groups in total. The highest BCUT2D eigenvalue weighted by Crippen LogP contribution is 2.32. The number of carbonyl (C=O) groups is 2. The molecule has 0 saturated carbocycles. The maximum absolute atomic E-state index is 12.4. The lowest BCUT2D eigenvalue weighted by Gasteiger charge is -2.22. The summed E-state index contributed by atoms with van der Waals surface area (Å²) in [5.41, 5.74) is 2.68. The summed E-state index contributed by atoms with van der Waals surface area (Å²) >= 11 is 0. The van der Waals surface area contributed by atoms with Crippen LogP contribution in [-0.2, 0) is 16.8 Å². The summed E-state index contributed by atoms with van der Waals surface area (Å²) in [6.07, 6.45) is 0. The highest BCUT2D eigenvalue weighted by atomic mass is 16.5. The number of carbonyl (C=O) groups excluding carboxylic acids is 2. The third kappa shape index (κ3) is 5.33. The van der Waals surface area contributed by atoms with Crippen LogP contribution in [-0.4, -0.2) is 25.5 Å². The van der Waals surface area contributed by atoms with Gasteiger partial charge in [-0.15, -0.1) is 0 Å². The highest BCUT2D eigenvalue weighted by Gasteiger charge is 2.21. The molecule has 0 aromatic heterocycles. The van der Waals surface area contributed by atoms with Crippen molar-refractivity contribution in [1.29, 1.82) is 0 Å². The van der Waals surface area contributed by atoms with Crippen molar-refractivity contribution in [2.24, 2.45) is 0 Å². The van der Waals surface area contributed by atoms with E-state index in [0.717, 1.165) is 16.9 Å². The molecule has 2 aromatic carbocycles. The van der Waals surface area contributed by atoms with E-state index in [0.29, 0.717) is 17.7 Å². The second kappa shape index (κ2) is 8.71. The number of esters is 1. The zero-order chi connectivity index (χ0) is 20.0. The fourth-order valence-electron chi connectivity index (χ4n) is 2.67. The summed E-state index contributed by atoms with van der Waals surface area (Å²) in [6, 6.07) is 12.3. The van der Waals surface area contributed by atoms with Crippen LogP contribution in [0.15, 0.2) is 42.5 Å². The Bertz CT molecular complexity index is 804. The van der Waals surface area contributed by atoms with Crippen LogP contribution >= 0.6 is 0 Å². The lowest BCUT2D eigenvalue weighted by Crippen LogP contribution is -2.22. The minimum absolute atomic E-state index is 0.117. The molecule has 0 aliphatic carbocycles. The number of hydrogen-bond donors (Lipinski definition) is 1. The Labute approximate surface area is 160 Å². The normalized spacial score (nSPS) is 11.0. The maximum Gasteiger partial charge on any atom is 0.338 e. The number of nitrogens with one attached hydrogen (secondary N) is 1. The van der Waals surface area contributed by atoms with Gasteiger partial charge in [0.25, 0.3) is 5.91 Å². The number of methoxy groups -OCH3 is 1. The predicted molar refractivity (Wildman–Crippen MR) is 105 cm³/mol. The molecule has 0 saturated heterocycles. The molecule has 0 aliphatic rings. The fraction of sp³-hybridized carbons (Fsp3) is 0.364. The summed E-state index contributed by atoms with van der Waals surface area (Å²) in [7, 11) is 1.62. The summed E-state index contributed by atoms with van der Waals surface area (Å²) in [5.74, 6) is 0.241. The Balaban J connectivity index is 2.06. The van der Waals surface area contributed by atoms with Gasteiger partial charge >= 0.3 is 5.97 Å². The molecule has 0 aliphatic heterocycles. The van der Waals surface area contributed by atoms with Crippen LogP contribution in [0.25, 0.3) is 0 Å². The van der Waals surface area contributed by atoms with Gasteiger partial charge in [-0.05, 0) is 48.2 Å². The van der Waals surface area contributed by atoms with Crippen molar-refractivity contribution in [3.05, 3.63) is 64.7 Å². The molecule has 144 valence electrons. The van der Waals surface area contributed by atoms with Crippen LogP contribution in [0.3, 0.4) is 0 Å². The molecule has 1 amide bonds. The number of rotatable bonds is 6. The molecule has 0 atom stereocenters. The topological polar surface area (TPSA) is 64.6 Å². The van der Waals surface area contributed by atoms with Crippen molar-refractivity contribution >= 4 is 11.9 Å². The lowest BCUT2D eigenvalue weighted by molar-refractivity contribution is 0.0472. The van der Waals surface area contributed by atoms with Gasteiger partial charge in [-0.25, -0.2) is 4.79 Å². The van der Waals surface area contributed by atoms with Gasteiger partial charge in [0.2, 0.25) is 0 Å². The van der Waals surface area contributed by atoms with Gasteiger partial charge in [0.05, 0.1) is 12.7 Å². The largest absolute Gasteiger partial charge is 0.496 e. The fourth-order valence-corrected chi connectivity index (χ4v) is 2.67. The van der Waals surface area contributed by atoms with Gasteiger partial charge in [-0.3, -0.25) is 4.79 Å². The standard InChI is InChI=1S/C22H27NO4/c1-6-23-20(24)16-9-7-15(8-10-16)14-27-21(25)17-11-12-19(26-5)18(13-17)22(2,3)4/h7-13H,6,14H2,1-5H3,(H,23,24). The van der Waals surface area contributed by atoms with E-state index >= 15 is 0 Å². The van der Waals surface area contributed by atoms with Crippen LogP contribution in [0.2, 0.25) is 0 Å². The van der Waals surface area contributed by atoms with Crippen LogP contribution in [0.4, 0.5) is 0 Å². The average molecular weight is 369 g/mol. The zero-order valence-electron chi connectivity index (χ0n) is 16.6. The van der Waals surface area contributed by atoms with Gasteiger partial charge < -0.3 is 14.8 Å². The molecule has 0 unspecified atom stereocenters. The van der Waals surface area contributed by atoms with E-state index in [4.69, 9.17) is 9.47 Å². The molecule has 0 spiro atoms. The van der Waals surface area contributed by atoms with Crippen molar-refractivity contribution in [3.8, 4) is 5.75 Å². The molecular weight excluding hydrogens is 342 g/mol. The van der Waals surface area contributed by atoms with Crippen molar-refractivity contribution < 1.29 is 19.1 Å². The van der Waals surface area contributed by atoms with Crippen LogP contribution in [0.5, 0.6) is 5.75 Å². The lowest BCUT2D eigenvalue weighted by atomic mass is 9.85. The van der Waals surface area contributed by atoms with Crippen molar-refractivity contribution in [3.63, 3.8) is 0 Å². The van der Waals surface area contributed by atoms with Crippen LogP contribution in [0, 0.1) is 0 Å². The minimum Gasteiger partial charge on any atom is -0.496 e. The number of hydrogen-bond acceptors (Lipinski definition) is 4. The first-order valence-corrected chi connectivity index (χ1v) is 8.99. The van der Waals surface area contributed by atoms with Crippen molar-refractivity contribution in [2.45, 2.75) is 39.7 Å². The Morgan fingerprint density at radius 2 is 1.63 bits per heavy atom. The molecule has 0 heterocycles. The summed E-state index contributed by atoms with van der Waals surface area (Å²) in [5, 5.41) is 2.75. The molecular formula is C22H27NO4. The van der Waals surface area contributed by atoms with E-state index < -0.39 is 5.97 Å². The highest BCUT2D eigenvalue weighted by molar-refractivity contribution is 5.94. The predicted octanol–water partition coefficient (Wildman–Crippen LogP) is 4.10. The Morgan fingerprint density at radius 1 is 1.00 bits per heavy atom. The number of amides is 1. The first-order valence-electron chi connectivity index (χ1n) is 8.99. The van der Waals surface area contributed by atoms with Crippen LogP contribution < -0.4 is 10.1 Å². The molecule has 27 heavy (non-hydrogen) atoms. The smallest absolute Gasteiger partial charge is 0.338 e. The third-order valence-electron chi connectivity index (χ3n) is 4.17. The van der Waals surface area contributed by atoms with Gasteiger partial charge in [-0.1, -0.05) is 32.9 Å². The van der Waals surface area contributed by atoms with Gasteiger partial charge in [0, 0.05) is 17.7 Å². The monoisotopic (exact) mass is 369 g/mol. The molecule has 0 bridgehead atoms. The quantitative estimate of drug-likeness (QED) is 0.779. The summed E-state index contributed by atoms with van der Waals surface area (Å²) in [4.78, 5) is 24.2. The summed E-state index contributed by atoms with van der Waals surface area (Å²) in [6.45, 7) is 8.79. The van der Waals surface area contributed by atoms with Crippen LogP contribution in [0.1, 0.15) is 59.5 Å². The van der Waals surface area contributed by atoms with E-state index in [2.05, 4.69) is 26.1 Å². The molecule has 5 nitrogen and oxygen atoms in total. The van der Waals surface area contributed by atoms with Gasteiger partial charge in [-0.2, -0.15) is 0 Å². The molecule has 2 rings (SSSR count). The van der Waals surface area contributed by atoms with E-state index in [1.54, 1.807) is 43.5 Å². The maximum atomic E-state index is 12.4. The minimum atomic E-state index is -0.393. The second-order valence-electron chi connectivity index (χ2n) is 7.30. The molecule has 5 heteroatoms. The Hall–Kier alpha value is -2.82. The van der Waals surface area contributed by atoms with E-state index in [1.165, 1.54) is 0 Å². The first-order chi connectivity index (χ1) is 12.8. The number of ether oxygens (including phenoxy) is 2. The van der Waals surface area contributed by atoms with Crippen molar-refractivity contribution in [1.82, 2.24) is 5.32 Å². The first kappa shape index (κ1) is 20.5. The Morgan fingerprint density at radius 3 is 2.19 bits per heavy atom.